The molecular weight excluding hydrogens is 252 g/mol. The number of nitrogens with one attached hydrogen (secondary N) is 1. The fourth-order valence-corrected chi connectivity index (χ4v) is 3.69. The van der Waals surface area contributed by atoms with E-state index in [4.69, 9.17) is 0 Å². The number of hydrogen-bond donors (Lipinski definition) is 1. The number of hydrogen-bond acceptors (Lipinski definition) is 3. The number of amides is 2. The minimum atomic E-state index is -2.96. The summed E-state index contributed by atoms with van der Waals surface area (Å²) < 4.78 is 22.9. The fraction of sp³-hybridized carbons (Fsp3) is 0.750. The molecule has 1 fully saturated rings. The van der Waals surface area contributed by atoms with Crippen LogP contribution in [0.15, 0.2) is 11.8 Å². The van der Waals surface area contributed by atoms with Crippen molar-refractivity contribution in [1.29, 1.82) is 0 Å². The molecule has 0 aliphatic carbocycles. The van der Waals surface area contributed by atoms with Crippen molar-refractivity contribution in [3.8, 4) is 0 Å². The van der Waals surface area contributed by atoms with Crippen molar-refractivity contribution in [2.24, 2.45) is 0 Å². The van der Waals surface area contributed by atoms with Crippen LogP contribution < -0.4 is 5.32 Å². The van der Waals surface area contributed by atoms with Gasteiger partial charge in [-0.15, -0.1) is 0 Å². The van der Waals surface area contributed by atoms with E-state index in [1.54, 1.807) is 11.1 Å². The van der Waals surface area contributed by atoms with Crippen LogP contribution in [-0.4, -0.2) is 43.4 Å². The molecule has 0 saturated carbocycles. The van der Waals surface area contributed by atoms with E-state index in [2.05, 4.69) is 5.32 Å². The van der Waals surface area contributed by atoms with Gasteiger partial charge in [0.05, 0.1) is 11.5 Å². The van der Waals surface area contributed by atoms with E-state index in [-0.39, 0.29) is 23.6 Å². The molecule has 104 valence electrons. The van der Waals surface area contributed by atoms with Crippen molar-refractivity contribution < 1.29 is 13.2 Å². The predicted molar refractivity (Wildman–Crippen MR) is 72.0 cm³/mol. The smallest absolute Gasteiger partial charge is 0.321 e. The first-order chi connectivity index (χ1) is 8.39. The minimum Gasteiger partial charge on any atom is -0.321 e. The summed E-state index contributed by atoms with van der Waals surface area (Å²) in [4.78, 5) is 13.6. The molecule has 1 aliphatic rings. The van der Waals surface area contributed by atoms with Crippen molar-refractivity contribution in [3.05, 3.63) is 11.8 Å². The molecule has 0 aromatic carbocycles. The Labute approximate surface area is 109 Å². The second-order valence-electron chi connectivity index (χ2n) is 4.64. The average Bonchev–Trinajstić information content (AvgIpc) is 2.67. The third-order valence-electron chi connectivity index (χ3n) is 3.25. The van der Waals surface area contributed by atoms with Gasteiger partial charge in [0.15, 0.2) is 9.84 Å². The van der Waals surface area contributed by atoms with Crippen molar-refractivity contribution in [2.45, 2.75) is 39.7 Å². The summed E-state index contributed by atoms with van der Waals surface area (Å²) in [6.07, 6.45) is 3.11. The van der Waals surface area contributed by atoms with Crippen LogP contribution in [0.5, 0.6) is 0 Å². The second-order valence-corrected chi connectivity index (χ2v) is 6.87. The number of rotatable bonds is 4. The van der Waals surface area contributed by atoms with Crippen molar-refractivity contribution >= 4 is 15.9 Å². The largest absolute Gasteiger partial charge is 0.321 e. The summed E-state index contributed by atoms with van der Waals surface area (Å²) in [6, 6.07) is -0.400. The molecule has 18 heavy (non-hydrogen) atoms. The Hall–Kier alpha value is -1.04. The zero-order valence-electron chi connectivity index (χ0n) is 11.3. The van der Waals surface area contributed by atoms with Gasteiger partial charge in [0.2, 0.25) is 0 Å². The zero-order valence-corrected chi connectivity index (χ0v) is 12.1. The van der Waals surface area contributed by atoms with E-state index >= 15 is 0 Å². The molecule has 5 nitrogen and oxygen atoms in total. The maximum absolute atomic E-state index is 12.0. The highest BCUT2D eigenvalue weighted by molar-refractivity contribution is 7.91. The van der Waals surface area contributed by atoms with E-state index in [9.17, 15) is 13.2 Å². The Morgan fingerprint density at radius 1 is 1.44 bits per heavy atom. The van der Waals surface area contributed by atoms with E-state index in [0.717, 1.165) is 12.0 Å². The summed E-state index contributed by atoms with van der Waals surface area (Å²) in [5.41, 5.74) is 1.08. The molecule has 1 saturated heterocycles. The van der Waals surface area contributed by atoms with Crippen LogP contribution in [0.1, 0.15) is 33.6 Å². The summed E-state index contributed by atoms with van der Waals surface area (Å²) in [7, 11) is -2.96. The molecule has 0 aromatic rings. The van der Waals surface area contributed by atoms with Crippen LogP contribution in [-0.2, 0) is 9.84 Å². The van der Waals surface area contributed by atoms with Crippen molar-refractivity contribution in [3.63, 3.8) is 0 Å². The second kappa shape index (κ2) is 6.22. The van der Waals surface area contributed by atoms with E-state index in [1.807, 2.05) is 20.8 Å². The molecule has 1 aliphatic heterocycles. The van der Waals surface area contributed by atoms with Gasteiger partial charge in [0.25, 0.3) is 0 Å². The predicted octanol–water partition coefficient (Wildman–Crippen LogP) is 1.52. The number of carbonyl (C=O) groups is 1. The lowest BCUT2D eigenvalue weighted by molar-refractivity contribution is 0.187. The van der Waals surface area contributed by atoms with Gasteiger partial charge in [-0.3, -0.25) is 0 Å². The molecule has 0 spiro atoms. The van der Waals surface area contributed by atoms with Crippen LogP contribution in [0, 0.1) is 0 Å². The molecule has 1 rings (SSSR count). The monoisotopic (exact) mass is 274 g/mol. The Morgan fingerprint density at radius 3 is 2.56 bits per heavy atom. The fourth-order valence-electron chi connectivity index (χ4n) is 1.96. The molecule has 1 unspecified atom stereocenters. The summed E-state index contributed by atoms with van der Waals surface area (Å²) >= 11 is 0. The molecule has 0 radical (unpaired) electrons. The first kappa shape index (κ1) is 15.0. The van der Waals surface area contributed by atoms with Crippen LogP contribution in [0.2, 0.25) is 0 Å². The topological polar surface area (TPSA) is 66.5 Å². The Balaban J connectivity index is 2.64. The van der Waals surface area contributed by atoms with Crippen LogP contribution in [0.3, 0.4) is 0 Å². The van der Waals surface area contributed by atoms with Gasteiger partial charge < -0.3 is 10.2 Å². The van der Waals surface area contributed by atoms with Crippen molar-refractivity contribution in [1.82, 2.24) is 10.2 Å². The van der Waals surface area contributed by atoms with E-state index in [1.165, 1.54) is 0 Å². The number of nitrogens with zero attached hydrogens (tertiary/aromatic N) is 1. The van der Waals surface area contributed by atoms with Crippen LogP contribution in [0.4, 0.5) is 4.79 Å². The average molecular weight is 274 g/mol. The normalized spacial score (nSPS) is 22.8. The molecule has 0 aromatic heterocycles. The molecule has 1 N–H and O–H groups in total. The zero-order chi connectivity index (χ0) is 13.8. The van der Waals surface area contributed by atoms with Gasteiger partial charge in [-0.1, -0.05) is 12.5 Å². The lowest BCUT2D eigenvalue weighted by Gasteiger charge is -2.26. The number of urea groups is 1. The van der Waals surface area contributed by atoms with Gasteiger partial charge in [-0.25, -0.2) is 13.2 Å². The molecule has 1 heterocycles. The Kier molecular flexibility index (Phi) is 5.19. The first-order valence-corrected chi connectivity index (χ1v) is 8.15. The van der Waals surface area contributed by atoms with E-state index in [0.29, 0.717) is 13.0 Å². The minimum absolute atomic E-state index is 0.0880. The lowest BCUT2D eigenvalue weighted by atomic mass is 10.2. The number of sulfone groups is 1. The highest BCUT2D eigenvalue weighted by Gasteiger charge is 2.33. The van der Waals surface area contributed by atoms with E-state index < -0.39 is 9.84 Å². The standard InChI is InChI=1S/C12H22N2O3S/c1-4-10(3)8-13-12(15)14(5-2)11-6-7-18(16,17)9-11/h8,11H,4-7,9H2,1-3H3,(H,13,15)/b10-8+. The highest BCUT2D eigenvalue weighted by atomic mass is 32.2. The number of allylic oxidation sites excluding steroid dienone is 1. The Bertz CT molecular complexity index is 429. The Morgan fingerprint density at radius 2 is 2.11 bits per heavy atom. The van der Waals surface area contributed by atoms with Crippen molar-refractivity contribution in [2.75, 3.05) is 18.1 Å². The molecule has 6 heteroatoms. The first-order valence-electron chi connectivity index (χ1n) is 6.32. The third kappa shape index (κ3) is 4.01. The van der Waals surface area contributed by atoms with Gasteiger partial charge in [-0.2, -0.15) is 0 Å². The molecule has 0 bridgehead atoms. The van der Waals surface area contributed by atoms with Gasteiger partial charge in [0.1, 0.15) is 0 Å². The molecular formula is C12H22N2O3S. The van der Waals surface area contributed by atoms with Gasteiger partial charge >= 0.3 is 6.03 Å². The summed E-state index contributed by atoms with van der Waals surface area (Å²) in [5.74, 6) is 0.274. The summed E-state index contributed by atoms with van der Waals surface area (Å²) in [6.45, 7) is 6.33. The molecule has 1 atom stereocenters. The van der Waals surface area contributed by atoms with Gasteiger partial charge in [-0.05, 0) is 26.7 Å². The number of carbonyl (C=O) groups excluding carboxylic acids is 1. The third-order valence-corrected chi connectivity index (χ3v) is 5.00. The highest BCUT2D eigenvalue weighted by Crippen LogP contribution is 2.17. The van der Waals surface area contributed by atoms with Crippen LogP contribution in [0.25, 0.3) is 0 Å². The molecule has 2 amide bonds. The maximum atomic E-state index is 12.0. The lowest BCUT2D eigenvalue weighted by Crippen LogP contribution is -2.45. The SMILES string of the molecule is CC/C(C)=C/NC(=O)N(CC)C1CCS(=O)(=O)C1. The van der Waals surface area contributed by atoms with Gasteiger partial charge in [0, 0.05) is 18.8 Å². The maximum Gasteiger partial charge on any atom is 0.321 e. The van der Waals surface area contributed by atoms with Crippen LogP contribution >= 0.6 is 0 Å². The summed E-state index contributed by atoms with van der Waals surface area (Å²) in [5, 5.41) is 2.72. The quantitative estimate of drug-likeness (QED) is 0.845.